The lowest BCUT2D eigenvalue weighted by Gasteiger charge is -2.05. The summed E-state index contributed by atoms with van der Waals surface area (Å²) in [6.45, 7) is 1.83. The minimum atomic E-state index is -0.148. The van der Waals surface area contributed by atoms with Crippen LogP contribution in [0.3, 0.4) is 0 Å². The van der Waals surface area contributed by atoms with Crippen molar-refractivity contribution in [2.45, 2.75) is 12.8 Å². The standard InChI is InChI=1S/C9H7BrClN/c1-6(5-12)8-3-2-7(10)4-9(8)11/h2-4,6H,1H3. The molecule has 1 nitrogen and oxygen atoms in total. The van der Waals surface area contributed by atoms with Gasteiger partial charge in [0.05, 0.1) is 12.0 Å². The second-order valence-corrected chi connectivity index (χ2v) is 3.84. The van der Waals surface area contributed by atoms with E-state index in [4.69, 9.17) is 16.9 Å². The van der Waals surface area contributed by atoms with Crippen LogP contribution < -0.4 is 0 Å². The van der Waals surface area contributed by atoms with Crippen LogP contribution in [0.4, 0.5) is 0 Å². The fourth-order valence-electron chi connectivity index (χ4n) is 0.922. The molecular formula is C9H7BrClN. The normalized spacial score (nSPS) is 12.2. The summed E-state index contributed by atoms with van der Waals surface area (Å²) < 4.78 is 0.932. The van der Waals surface area contributed by atoms with Crippen LogP contribution in [0, 0.1) is 11.3 Å². The van der Waals surface area contributed by atoms with E-state index in [1.54, 1.807) is 6.07 Å². The molecule has 1 aromatic rings. The third-order valence-electron chi connectivity index (χ3n) is 1.62. The Morgan fingerprint density at radius 1 is 1.58 bits per heavy atom. The van der Waals surface area contributed by atoms with Crippen LogP contribution in [0.15, 0.2) is 22.7 Å². The average molecular weight is 245 g/mol. The fraction of sp³-hybridized carbons (Fsp3) is 0.222. The third kappa shape index (κ3) is 2.00. The lowest BCUT2D eigenvalue weighted by Crippen LogP contribution is -1.89. The Labute approximate surface area is 85.1 Å². The number of nitriles is 1. The summed E-state index contributed by atoms with van der Waals surface area (Å²) in [7, 11) is 0. The summed E-state index contributed by atoms with van der Waals surface area (Å²) in [6, 6.07) is 7.68. The van der Waals surface area contributed by atoms with Crippen molar-refractivity contribution in [1.29, 1.82) is 5.26 Å². The summed E-state index contributed by atoms with van der Waals surface area (Å²) in [5, 5.41) is 9.30. The van der Waals surface area contributed by atoms with Crippen LogP contribution in [0.1, 0.15) is 18.4 Å². The quantitative estimate of drug-likeness (QED) is 0.738. The maximum atomic E-state index is 8.66. The Bertz CT molecular complexity index is 330. The molecule has 0 spiro atoms. The van der Waals surface area contributed by atoms with Crippen LogP contribution in [0.25, 0.3) is 0 Å². The molecule has 0 bridgehead atoms. The maximum Gasteiger partial charge on any atom is 0.0701 e. The molecule has 0 aromatic heterocycles. The fourth-order valence-corrected chi connectivity index (χ4v) is 1.76. The Kier molecular flexibility index (Phi) is 3.13. The SMILES string of the molecule is CC(C#N)c1ccc(Br)cc1Cl. The molecule has 1 aromatic carbocycles. The highest BCUT2D eigenvalue weighted by Gasteiger charge is 2.07. The predicted octanol–water partition coefficient (Wildman–Crippen LogP) is 3.73. The molecule has 0 aliphatic rings. The molecule has 0 aliphatic heterocycles. The topological polar surface area (TPSA) is 23.8 Å². The summed E-state index contributed by atoms with van der Waals surface area (Å²) >= 11 is 9.22. The van der Waals surface area contributed by atoms with Gasteiger partial charge in [-0.1, -0.05) is 33.6 Å². The van der Waals surface area contributed by atoms with Crippen LogP contribution in [-0.2, 0) is 0 Å². The highest BCUT2D eigenvalue weighted by Crippen LogP contribution is 2.26. The van der Waals surface area contributed by atoms with E-state index < -0.39 is 0 Å². The molecule has 0 amide bonds. The predicted molar refractivity (Wildman–Crippen MR) is 53.2 cm³/mol. The second-order valence-electron chi connectivity index (χ2n) is 2.52. The smallest absolute Gasteiger partial charge is 0.0701 e. The van der Waals surface area contributed by atoms with E-state index in [0.717, 1.165) is 10.0 Å². The van der Waals surface area contributed by atoms with Gasteiger partial charge in [0.2, 0.25) is 0 Å². The van der Waals surface area contributed by atoms with Crippen molar-refractivity contribution >= 4 is 27.5 Å². The monoisotopic (exact) mass is 243 g/mol. The molecule has 0 aliphatic carbocycles. The van der Waals surface area contributed by atoms with Crippen molar-refractivity contribution in [1.82, 2.24) is 0 Å². The van der Waals surface area contributed by atoms with E-state index in [-0.39, 0.29) is 5.92 Å². The van der Waals surface area contributed by atoms with Gasteiger partial charge in [0.25, 0.3) is 0 Å². The maximum absolute atomic E-state index is 8.66. The summed E-state index contributed by atoms with van der Waals surface area (Å²) in [5.41, 5.74) is 0.877. The van der Waals surface area contributed by atoms with Gasteiger partial charge < -0.3 is 0 Å². The van der Waals surface area contributed by atoms with Gasteiger partial charge in [-0.2, -0.15) is 5.26 Å². The molecule has 1 atom stereocenters. The Hall–Kier alpha value is -0.520. The van der Waals surface area contributed by atoms with Gasteiger partial charge in [-0.25, -0.2) is 0 Å². The highest BCUT2D eigenvalue weighted by molar-refractivity contribution is 9.10. The summed E-state index contributed by atoms with van der Waals surface area (Å²) in [5.74, 6) is -0.148. The number of rotatable bonds is 1. The molecule has 0 heterocycles. The number of hydrogen-bond donors (Lipinski definition) is 0. The molecule has 1 unspecified atom stereocenters. The molecule has 0 radical (unpaired) electrons. The van der Waals surface area contributed by atoms with E-state index in [9.17, 15) is 0 Å². The van der Waals surface area contributed by atoms with E-state index in [1.807, 2.05) is 19.1 Å². The molecule has 1 rings (SSSR count). The highest BCUT2D eigenvalue weighted by atomic mass is 79.9. The van der Waals surface area contributed by atoms with E-state index in [0.29, 0.717) is 5.02 Å². The van der Waals surface area contributed by atoms with Crippen molar-refractivity contribution in [3.63, 3.8) is 0 Å². The zero-order valence-electron chi connectivity index (χ0n) is 6.51. The first kappa shape index (κ1) is 9.57. The lowest BCUT2D eigenvalue weighted by atomic mass is 10.0. The van der Waals surface area contributed by atoms with Crippen molar-refractivity contribution in [2.75, 3.05) is 0 Å². The van der Waals surface area contributed by atoms with Gasteiger partial charge in [0.1, 0.15) is 0 Å². The summed E-state index contributed by atoms with van der Waals surface area (Å²) in [6.07, 6.45) is 0. The second kappa shape index (κ2) is 3.93. The zero-order chi connectivity index (χ0) is 9.14. The average Bonchev–Trinajstić information content (AvgIpc) is 2.03. The van der Waals surface area contributed by atoms with E-state index in [2.05, 4.69) is 22.0 Å². The third-order valence-corrected chi connectivity index (χ3v) is 2.44. The van der Waals surface area contributed by atoms with Gasteiger partial charge in [0, 0.05) is 9.50 Å². The Balaban J connectivity index is 3.11. The van der Waals surface area contributed by atoms with E-state index >= 15 is 0 Å². The van der Waals surface area contributed by atoms with Gasteiger partial charge in [0.15, 0.2) is 0 Å². The molecule has 0 N–H and O–H groups in total. The molecule has 0 saturated heterocycles. The van der Waals surface area contributed by atoms with Crippen LogP contribution in [-0.4, -0.2) is 0 Å². The number of halogens is 2. The zero-order valence-corrected chi connectivity index (χ0v) is 8.85. The first-order valence-corrected chi connectivity index (χ1v) is 4.67. The molecule has 3 heteroatoms. The largest absolute Gasteiger partial charge is 0.198 e. The number of hydrogen-bond acceptors (Lipinski definition) is 1. The van der Waals surface area contributed by atoms with Gasteiger partial charge in [-0.15, -0.1) is 0 Å². The molecule has 12 heavy (non-hydrogen) atoms. The summed E-state index contributed by atoms with van der Waals surface area (Å²) in [4.78, 5) is 0. The van der Waals surface area contributed by atoms with E-state index in [1.165, 1.54) is 0 Å². The molecule has 62 valence electrons. The van der Waals surface area contributed by atoms with Crippen LogP contribution >= 0.6 is 27.5 Å². The first-order valence-electron chi connectivity index (χ1n) is 3.49. The number of nitrogens with zero attached hydrogens (tertiary/aromatic N) is 1. The minimum Gasteiger partial charge on any atom is -0.198 e. The lowest BCUT2D eigenvalue weighted by molar-refractivity contribution is 0.981. The number of benzene rings is 1. The Morgan fingerprint density at radius 3 is 2.75 bits per heavy atom. The van der Waals surface area contributed by atoms with Gasteiger partial charge in [-0.05, 0) is 24.6 Å². The van der Waals surface area contributed by atoms with Crippen molar-refractivity contribution in [3.05, 3.63) is 33.3 Å². The van der Waals surface area contributed by atoms with Crippen LogP contribution in [0.2, 0.25) is 5.02 Å². The minimum absolute atomic E-state index is 0.148. The van der Waals surface area contributed by atoms with Crippen molar-refractivity contribution in [2.24, 2.45) is 0 Å². The van der Waals surface area contributed by atoms with Crippen molar-refractivity contribution < 1.29 is 0 Å². The molecule has 0 saturated carbocycles. The molecule has 0 fully saturated rings. The first-order chi connectivity index (χ1) is 5.65. The van der Waals surface area contributed by atoms with Gasteiger partial charge in [-0.3, -0.25) is 0 Å². The Morgan fingerprint density at radius 2 is 2.25 bits per heavy atom. The molecular weight excluding hydrogens is 237 g/mol. The van der Waals surface area contributed by atoms with Crippen LogP contribution in [0.5, 0.6) is 0 Å². The van der Waals surface area contributed by atoms with Crippen molar-refractivity contribution in [3.8, 4) is 6.07 Å². The van der Waals surface area contributed by atoms with Gasteiger partial charge >= 0.3 is 0 Å².